The van der Waals surface area contributed by atoms with Gasteiger partial charge in [0.1, 0.15) is 12.4 Å². The molecule has 9 nitrogen and oxygen atoms in total. The number of carbonyl (C=O) groups is 1. The first-order chi connectivity index (χ1) is 16.4. The third-order valence-electron chi connectivity index (χ3n) is 5.09. The lowest BCUT2D eigenvalue weighted by Crippen LogP contribution is -2.38. The minimum atomic E-state index is -0.576. The molecule has 0 saturated carbocycles. The van der Waals surface area contributed by atoms with Gasteiger partial charge in [0.25, 0.3) is 5.56 Å². The molecule has 0 atom stereocenters. The number of esters is 1. The Hall–Kier alpha value is -3.99. The van der Waals surface area contributed by atoms with Crippen LogP contribution < -0.4 is 11.2 Å². The van der Waals surface area contributed by atoms with Crippen molar-refractivity contribution in [1.29, 1.82) is 0 Å². The third-order valence-corrected chi connectivity index (χ3v) is 5.99. The van der Waals surface area contributed by atoms with E-state index in [4.69, 9.17) is 4.74 Å². The summed E-state index contributed by atoms with van der Waals surface area (Å²) < 4.78 is 23.6. The lowest BCUT2D eigenvalue weighted by Gasteiger charge is -2.11. The van der Waals surface area contributed by atoms with Gasteiger partial charge in [-0.1, -0.05) is 42.1 Å². The highest BCUT2D eigenvalue weighted by Crippen LogP contribution is 2.29. The first kappa shape index (κ1) is 23.2. The highest BCUT2D eigenvalue weighted by atomic mass is 32.2. The molecule has 0 aliphatic heterocycles. The Labute approximate surface area is 197 Å². The van der Waals surface area contributed by atoms with Crippen molar-refractivity contribution in [1.82, 2.24) is 23.9 Å². The van der Waals surface area contributed by atoms with Gasteiger partial charge in [-0.05, 0) is 24.3 Å². The summed E-state index contributed by atoms with van der Waals surface area (Å²) in [5.74, 6) is -0.827. The largest absolute Gasteiger partial charge is 0.459 e. The van der Waals surface area contributed by atoms with E-state index in [1.165, 1.54) is 30.8 Å². The molecule has 34 heavy (non-hydrogen) atoms. The number of nitrogens with zero attached hydrogens (tertiary/aromatic N) is 5. The number of hydrogen-bond acceptors (Lipinski definition) is 7. The smallest absolute Gasteiger partial charge is 0.330 e. The van der Waals surface area contributed by atoms with Crippen LogP contribution in [0.3, 0.4) is 0 Å². The van der Waals surface area contributed by atoms with Gasteiger partial charge in [-0.3, -0.25) is 23.3 Å². The first-order valence-electron chi connectivity index (χ1n) is 10.2. The van der Waals surface area contributed by atoms with E-state index in [2.05, 4.69) is 10.2 Å². The maximum atomic E-state index is 14.5. The molecule has 2 heterocycles. The van der Waals surface area contributed by atoms with Crippen LogP contribution in [0.4, 0.5) is 4.39 Å². The minimum Gasteiger partial charge on any atom is -0.459 e. The summed E-state index contributed by atoms with van der Waals surface area (Å²) >= 11 is 1.08. The SMILES string of the molecule is Cn1c(COC(=O)CSc2nnc(-c3ccccc3F)n2-c2ccccc2)cc(=O)n(C)c1=O. The molecule has 0 aliphatic rings. The van der Waals surface area contributed by atoms with Gasteiger partial charge in [-0.2, -0.15) is 0 Å². The van der Waals surface area contributed by atoms with Gasteiger partial charge < -0.3 is 4.74 Å². The second-order valence-corrected chi connectivity index (χ2v) is 8.22. The van der Waals surface area contributed by atoms with E-state index >= 15 is 0 Å². The van der Waals surface area contributed by atoms with Crippen molar-refractivity contribution in [3.8, 4) is 17.1 Å². The van der Waals surface area contributed by atoms with Crippen molar-refractivity contribution in [2.24, 2.45) is 14.1 Å². The fraction of sp³-hybridized carbons (Fsp3) is 0.174. The van der Waals surface area contributed by atoms with E-state index in [9.17, 15) is 18.8 Å². The van der Waals surface area contributed by atoms with Crippen molar-refractivity contribution in [3.05, 3.63) is 93.0 Å². The molecular formula is C23H20FN5O4S. The Morgan fingerprint density at radius 2 is 1.71 bits per heavy atom. The highest BCUT2D eigenvalue weighted by Gasteiger charge is 2.20. The van der Waals surface area contributed by atoms with Gasteiger partial charge in [0, 0.05) is 25.8 Å². The van der Waals surface area contributed by atoms with E-state index in [1.807, 2.05) is 30.3 Å². The van der Waals surface area contributed by atoms with Gasteiger partial charge in [0.15, 0.2) is 11.0 Å². The number of para-hydroxylation sites is 1. The standard InChI is InChI=1S/C23H20FN5O4S/c1-27-16(12-19(30)28(2)23(27)32)13-33-20(31)14-34-22-26-25-21(17-10-6-7-11-18(17)24)29(22)15-8-4-3-5-9-15/h3-12H,13-14H2,1-2H3. The lowest BCUT2D eigenvalue weighted by atomic mass is 10.2. The number of carbonyl (C=O) groups excluding carboxylic acids is 1. The molecule has 174 valence electrons. The Morgan fingerprint density at radius 1 is 1.00 bits per heavy atom. The monoisotopic (exact) mass is 481 g/mol. The molecule has 0 amide bonds. The van der Waals surface area contributed by atoms with E-state index in [0.717, 1.165) is 16.3 Å². The highest BCUT2D eigenvalue weighted by molar-refractivity contribution is 7.99. The van der Waals surface area contributed by atoms with Crippen LogP contribution in [0.5, 0.6) is 0 Å². The van der Waals surface area contributed by atoms with Crippen molar-refractivity contribution in [2.75, 3.05) is 5.75 Å². The zero-order valence-corrected chi connectivity index (χ0v) is 19.2. The molecular weight excluding hydrogens is 461 g/mol. The molecule has 2 aromatic carbocycles. The molecule has 0 bridgehead atoms. The number of rotatable bonds is 7. The Morgan fingerprint density at radius 3 is 2.44 bits per heavy atom. The van der Waals surface area contributed by atoms with Crippen LogP contribution in [0.1, 0.15) is 5.69 Å². The normalized spacial score (nSPS) is 10.9. The Balaban J connectivity index is 1.54. The maximum absolute atomic E-state index is 14.5. The summed E-state index contributed by atoms with van der Waals surface area (Å²) in [7, 11) is 2.86. The molecule has 4 rings (SSSR count). The average molecular weight is 482 g/mol. The van der Waals surface area contributed by atoms with Crippen LogP contribution in [-0.4, -0.2) is 35.6 Å². The quantitative estimate of drug-likeness (QED) is 0.295. The molecule has 0 radical (unpaired) electrons. The summed E-state index contributed by atoms with van der Waals surface area (Å²) in [6.07, 6.45) is 0. The van der Waals surface area contributed by atoms with Crippen LogP contribution in [0, 0.1) is 5.82 Å². The zero-order chi connectivity index (χ0) is 24.2. The number of benzene rings is 2. The second-order valence-electron chi connectivity index (χ2n) is 7.28. The molecule has 0 unspecified atom stereocenters. The van der Waals surface area contributed by atoms with Crippen molar-refractivity contribution in [2.45, 2.75) is 11.8 Å². The Kier molecular flexibility index (Phi) is 6.73. The predicted octanol–water partition coefficient (Wildman–Crippen LogP) is 2.31. The third kappa shape index (κ3) is 4.69. The van der Waals surface area contributed by atoms with Crippen LogP contribution in [0.15, 0.2) is 75.4 Å². The van der Waals surface area contributed by atoms with Crippen LogP contribution in [0.2, 0.25) is 0 Å². The minimum absolute atomic E-state index is 0.110. The molecule has 2 aromatic heterocycles. The number of halogens is 1. The molecule has 0 saturated heterocycles. The van der Waals surface area contributed by atoms with Gasteiger partial charge in [-0.15, -0.1) is 10.2 Å². The van der Waals surface area contributed by atoms with Crippen molar-refractivity contribution >= 4 is 17.7 Å². The topological polar surface area (TPSA) is 101 Å². The van der Waals surface area contributed by atoms with Crippen molar-refractivity contribution < 1.29 is 13.9 Å². The summed E-state index contributed by atoms with van der Waals surface area (Å²) in [6.45, 7) is -0.229. The molecule has 0 spiro atoms. The van der Waals surface area contributed by atoms with E-state index < -0.39 is 23.0 Å². The van der Waals surface area contributed by atoms with Gasteiger partial charge in [-0.25, -0.2) is 9.18 Å². The predicted molar refractivity (Wildman–Crippen MR) is 124 cm³/mol. The molecule has 0 fully saturated rings. The van der Waals surface area contributed by atoms with E-state index in [-0.39, 0.29) is 23.6 Å². The molecule has 0 N–H and O–H groups in total. The van der Waals surface area contributed by atoms with Crippen molar-refractivity contribution in [3.63, 3.8) is 0 Å². The fourth-order valence-electron chi connectivity index (χ4n) is 3.23. The number of ether oxygens (including phenoxy) is 1. The lowest BCUT2D eigenvalue weighted by molar-refractivity contribution is -0.141. The molecule has 4 aromatic rings. The zero-order valence-electron chi connectivity index (χ0n) is 18.3. The van der Waals surface area contributed by atoms with Crippen LogP contribution in [0.25, 0.3) is 17.1 Å². The number of hydrogen-bond donors (Lipinski definition) is 0. The maximum Gasteiger partial charge on any atom is 0.330 e. The number of aromatic nitrogens is 5. The van der Waals surface area contributed by atoms with Crippen LogP contribution in [-0.2, 0) is 30.2 Å². The second kappa shape index (κ2) is 9.87. The molecule has 0 aliphatic carbocycles. The molecule has 11 heteroatoms. The van der Waals surface area contributed by atoms with E-state index in [0.29, 0.717) is 16.7 Å². The summed E-state index contributed by atoms with van der Waals surface area (Å²) in [5.41, 5.74) is 0.266. The Bertz CT molecular complexity index is 1460. The summed E-state index contributed by atoms with van der Waals surface area (Å²) in [5, 5.41) is 8.70. The fourth-order valence-corrected chi connectivity index (χ4v) is 3.98. The van der Waals surface area contributed by atoms with Gasteiger partial charge in [0.05, 0.1) is 17.0 Å². The summed E-state index contributed by atoms with van der Waals surface area (Å²) in [4.78, 5) is 36.2. The average Bonchev–Trinajstić information content (AvgIpc) is 3.27. The first-order valence-corrected chi connectivity index (χ1v) is 11.2. The van der Waals surface area contributed by atoms with Crippen LogP contribution >= 0.6 is 11.8 Å². The number of thioether (sulfide) groups is 1. The van der Waals surface area contributed by atoms with Gasteiger partial charge >= 0.3 is 11.7 Å². The van der Waals surface area contributed by atoms with E-state index in [1.54, 1.807) is 22.8 Å². The summed E-state index contributed by atoms with van der Waals surface area (Å²) in [6, 6.07) is 16.7. The van der Waals surface area contributed by atoms with Gasteiger partial charge in [0.2, 0.25) is 0 Å².